The second-order valence-corrected chi connectivity index (χ2v) is 4.23. The van der Waals surface area contributed by atoms with Crippen LogP contribution in [0.4, 0.5) is 4.39 Å². The van der Waals surface area contributed by atoms with E-state index in [9.17, 15) is 4.39 Å². The molecule has 0 spiro atoms. The summed E-state index contributed by atoms with van der Waals surface area (Å²) in [6, 6.07) is 13.2. The molecule has 0 bridgehead atoms. The van der Waals surface area contributed by atoms with Crippen LogP contribution in [-0.4, -0.2) is 13.0 Å². The Morgan fingerprint density at radius 2 is 1.94 bits per heavy atom. The van der Waals surface area contributed by atoms with Crippen molar-refractivity contribution in [3.05, 3.63) is 53.8 Å². The van der Waals surface area contributed by atoms with Gasteiger partial charge in [-0.05, 0) is 35.7 Å². The highest BCUT2D eigenvalue weighted by Gasteiger charge is 2.10. The molecule has 2 rings (SSSR count). The van der Waals surface area contributed by atoms with Crippen LogP contribution in [0.25, 0.3) is 11.1 Å². The first kappa shape index (κ1) is 12.9. The second kappa shape index (κ2) is 5.87. The van der Waals surface area contributed by atoms with Crippen LogP contribution < -0.4 is 4.74 Å². The quantitative estimate of drug-likeness (QED) is 0.755. The monoisotopic (exact) mass is 263 g/mol. The first-order valence-electron chi connectivity index (χ1n) is 5.65. The summed E-state index contributed by atoms with van der Waals surface area (Å²) >= 11 is 5.82. The molecule has 0 aliphatic carbocycles. The van der Waals surface area contributed by atoms with Gasteiger partial charge < -0.3 is 4.74 Å². The molecular formula is C15H13ClFO. The Kier molecular flexibility index (Phi) is 4.21. The van der Waals surface area contributed by atoms with Crippen LogP contribution in [0.2, 0.25) is 0 Å². The average molecular weight is 264 g/mol. The molecule has 0 aliphatic heterocycles. The number of ether oxygens (including phenoxy) is 1. The van der Waals surface area contributed by atoms with Crippen molar-refractivity contribution in [2.75, 3.05) is 13.0 Å². The first-order valence-corrected chi connectivity index (χ1v) is 6.19. The minimum absolute atomic E-state index is 0.243. The van der Waals surface area contributed by atoms with Gasteiger partial charge in [0.15, 0.2) is 0 Å². The Bertz CT molecular complexity index is 523. The minimum Gasteiger partial charge on any atom is -0.496 e. The summed E-state index contributed by atoms with van der Waals surface area (Å²) in [5.74, 6) is 0.951. The Morgan fingerprint density at radius 3 is 2.56 bits per heavy atom. The number of alkyl halides is 1. The summed E-state index contributed by atoms with van der Waals surface area (Å²) in [5, 5.41) is 0. The van der Waals surface area contributed by atoms with E-state index in [4.69, 9.17) is 16.3 Å². The van der Waals surface area contributed by atoms with Gasteiger partial charge in [0.1, 0.15) is 11.6 Å². The van der Waals surface area contributed by atoms with E-state index < -0.39 is 0 Å². The fourth-order valence-electron chi connectivity index (χ4n) is 1.94. The van der Waals surface area contributed by atoms with Gasteiger partial charge in [0.2, 0.25) is 0 Å². The lowest BCUT2D eigenvalue weighted by atomic mass is 9.97. The third-order valence-corrected chi connectivity index (χ3v) is 2.96. The summed E-state index contributed by atoms with van der Waals surface area (Å²) in [4.78, 5) is 0. The molecule has 0 heterocycles. The summed E-state index contributed by atoms with van der Waals surface area (Å²) in [6.45, 7) is 0. The van der Waals surface area contributed by atoms with E-state index in [1.165, 1.54) is 12.1 Å². The third-order valence-electron chi connectivity index (χ3n) is 2.77. The second-order valence-electron chi connectivity index (χ2n) is 3.85. The molecule has 18 heavy (non-hydrogen) atoms. The molecule has 0 atom stereocenters. The van der Waals surface area contributed by atoms with E-state index in [-0.39, 0.29) is 5.82 Å². The van der Waals surface area contributed by atoms with Crippen molar-refractivity contribution < 1.29 is 9.13 Å². The van der Waals surface area contributed by atoms with Gasteiger partial charge in [-0.2, -0.15) is 0 Å². The van der Waals surface area contributed by atoms with E-state index in [1.807, 2.05) is 6.07 Å². The van der Waals surface area contributed by atoms with E-state index in [0.717, 1.165) is 16.7 Å². The van der Waals surface area contributed by atoms with Crippen LogP contribution in [0.1, 0.15) is 5.56 Å². The van der Waals surface area contributed by atoms with Gasteiger partial charge in [0.05, 0.1) is 7.11 Å². The van der Waals surface area contributed by atoms with Gasteiger partial charge in [0.25, 0.3) is 0 Å². The van der Waals surface area contributed by atoms with Gasteiger partial charge in [-0.3, -0.25) is 0 Å². The number of halogens is 2. The zero-order chi connectivity index (χ0) is 13.0. The van der Waals surface area contributed by atoms with Crippen molar-refractivity contribution in [3.63, 3.8) is 0 Å². The number of hydrogen-bond donors (Lipinski definition) is 0. The fraction of sp³-hybridized carbons (Fsp3) is 0.200. The molecule has 0 N–H and O–H groups in total. The smallest absolute Gasteiger partial charge is 0.130 e. The van der Waals surface area contributed by atoms with Gasteiger partial charge in [-0.25, -0.2) is 4.39 Å². The Labute approximate surface area is 111 Å². The molecule has 0 amide bonds. The van der Waals surface area contributed by atoms with Crippen LogP contribution in [0.3, 0.4) is 0 Å². The summed E-state index contributed by atoms with van der Waals surface area (Å²) in [7, 11) is 1.61. The van der Waals surface area contributed by atoms with Gasteiger partial charge in [0, 0.05) is 17.5 Å². The molecule has 1 nitrogen and oxygen atoms in total. The molecule has 0 saturated carbocycles. The number of rotatable bonds is 4. The molecule has 1 radical (unpaired) electrons. The predicted molar refractivity (Wildman–Crippen MR) is 71.6 cm³/mol. The number of methoxy groups -OCH3 is 1. The van der Waals surface area contributed by atoms with Crippen molar-refractivity contribution in [3.8, 4) is 16.9 Å². The van der Waals surface area contributed by atoms with Crippen LogP contribution in [-0.2, 0) is 6.42 Å². The zero-order valence-electron chi connectivity index (χ0n) is 10.0. The van der Waals surface area contributed by atoms with E-state index in [2.05, 4.69) is 6.07 Å². The normalized spacial score (nSPS) is 10.4. The van der Waals surface area contributed by atoms with Crippen LogP contribution in [0, 0.1) is 11.9 Å². The van der Waals surface area contributed by atoms with Crippen LogP contribution >= 0.6 is 11.6 Å². The number of benzene rings is 2. The lowest BCUT2D eigenvalue weighted by molar-refractivity contribution is 0.409. The van der Waals surface area contributed by atoms with Crippen molar-refractivity contribution in [1.82, 2.24) is 0 Å². The van der Waals surface area contributed by atoms with Gasteiger partial charge in [-0.15, -0.1) is 11.6 Å². The Hall–Kier alpha value is -1.54. The van der Waals surface area contributed by atoms with Crippen LogP contribution in [0.5, 0.6) is 5.75 Å². The molecule has 3 heteroatoms. The van der Waals surface area contributed by atoms with Crippen LogP contribution in [0.15, 0.2) is 36.4 Å². The maximum atomic E-state index is 12.9. The minimum atomic E-state index is -0.243. The molecule has 0 unspecified atom stereocenters. The highest BCUT2D eigenvalue weighted by Crippen LogP contribution is 2.31. The number of hydrogen-bond acceptors (Lipinski definition) is 1. The molecule has 0 aromatic heterocycles. The summed E-state index contributed by atoms with van der Waals surface area (Å²) in [6.07, 6.45) is 0.689. The van der Waals surface area contributed by atoms with Gasteiger partial charge >= 0.3 is 0 Å². The molecule has 0 saturated heterocycles. The molecule has 93 valence electrons. The standard InChI is InChI=1S/C15H13ClFO/c1-18-15-4-2-3-13(14(15)9-10-16)11-5-7-12(17)8-6-11/h2-3,5-8H,9-10H2,1H3. The molecule has 0 aliphatic rings. The van der Waals surface area contributed by atoms with E-state index in [0.29, 0.717) is 18.1 Å². The molecule has 2 aromatic carbocycles. The topological polar surface area (TPSA) is 9.23 Å². The van der Waals surface area contributed by atoms with Crippen molar-refractivity contribution in [1.29, 1.82) is 0 Å². The summed E-state index contributed by atoms with van der Waals surface area (Å²) in [5.41, 5.74) is 2.96. The van der Waals surface area contributed by atoms with E-state index >= 15 is 0 Å². The predicted octanol–water partition coefficient (Wildman–Crippen LogP) is 4.08. The summed E-state index contributed by atoms with van der Waals surface area (Å²) < 4.78 is 18.2. The van der Waals surface area contributed by atoms with Gasteiger partial charge in [-0.1, -0.05) is 18.2 Å². The molecular weight excluding hydrogens is 251 g/mol. The third kappa shape index (κ3) is 2.65. The zero-order valence-corrected chi connectivity index (χ0v) is 10.8. The Balaban J connectivity index is 2.52. The van der Waals surface area contributed by atoms with Crippen molar-refractivity contribution in [2.45, 2.75) is 6.42 Å². The SMILES string of the molecule is COc1[c]ccc(-c2ccc(F)cc2)c1CCCl. The highest BCUT2D eigenvalue weighted by atomic mass is 35.5. The first-order chi connectivity index (χ1) is 8.76. The van der Waals surface area contributed by atoms with Crippen molar-refractivity contribution in [2.24, 2.45) is 0 Å². The molecule has 0 fully saturated rings. The Morgan fingerprint density at radius 1 is 1.22 bits per heavy atom. The maximum Gasteiger partial charge on any atom is 0.130 e. The average Bonchev–Trinajstić information content (AvgIpc) is 2.40. The maximum absolute atomic E-state index is 12.9. The lowest BCUT2D eigenvalue weighted by Gasteiger charge is -2.12. The lowest BCUT2D eigenvalue weighted by Crippen LogP contribution is -1.97. The largest absolute Gasteiger partial charge is 0.496 e. The van der Waals surface area contributed by atoms with E-state index in [1.54, 1.807) is 25.3 Å². The fourth-order valence-corrected chi connectivity index (χ4v) is 2.12. The highest BCUT2D eigenvalue weighted by molar-refractivity contribution is 6.18. The van der Waals surface area contributed by atoms with Crippen molar-refractivity contribution >= 4 is 11.6 Å². The molecule has 2 aromatic rings.